The van der Waals surface area contributed by atoms with Gasteiger partial charge in [0.1, 0.15) is 0 Å². The maximum absolute atomic E-state index is 11.4. The van der Waals surface area contributed by atoms with Crippen LogP contribution in [0.3, 0.4) is 0 Å². The van der Waals surface area contributed by atoms with E-state index in [1.807, 2.05) is 6.92 Å². The molecule has 0 amide bonds. The molecule has 0 aliphatic carbocycles. The van der Waals surface area contributed by atoms with Crippen LogP contribution in [0.4, 0.5) is 5.69 Å². The molecule has 2 rings (SSSR count). The number of aliphatic imine (C=N–C) groups is 1. The van der Waals surface area contributed by atoms with Gasteiger partial charge in [0.05, 0.1) is 10.5 Å². The molecule has 1 N–H and O–H groups in total. The number of carboxylic acid groups (broad SMARTS) is 1. The molecule has 6 nitrogen and oxygen atoms in total. The predicted molar refractivity (Wildman–Crippen MR) is 73.9 cm³/mol. The largest absolute Gasteiger partial charge is 0.478 e. The van der Waals surface area contributed by atoms with Crippen LogP contribution in [0, 0.1) is 10.1 Å². The van der Waals surface area contributed by atoms with Gasteiger partial charge >= 0.3 is 5.97 Å². The van der Waals surface area contributed by atoms with Crippen molar-refractivity contribution < 1.29 is 14.8 Å². The summed E-state index contributed by atoms with van der Waals surface area (Å²) in [5.74, 6) is -1.43. The lowest BCUT2D eigenvalue weighted by Crippen LogP contribution is -2.19. The average Bonchev–Trinajstić information content (AvgIpc) is 2.37. The fourth-order valence-electron chi connectivity index (χ4n) is 2.49. The molecule has 1 atom stereocenters. The Labute approximate surface area is 115 Å². The van der Waals surface area contributed by atoms with E-state index in [1.54, 1.807) is 19.1 Å². The highest BCUT2D eigenvalue weighted by Crippen LogP contribution is 2.35. The summed E-state index contributed by atoms with van der Waals surface area (Å²) in [7, 11) is 0. The van der Waals surface area contributed by atoms with Crippen molar-refractivity contribution in [2.24, 2.45) is 4.99 Å². The number of nitrogens with zero attached hydrogens (tertiary/aromatic N) is 2. The molecule has 104 valence electrons. The smallest absolute Gasteiger partial charge is 0.334 e. The van der Waals surface area contributed by atoms with Gasteiger partial charge in [0, 0.05) is 29.5 Å². The fourth-order valence-corrected chi connectivity index (χ4v) is 2.49. The van der Waals surface area contributed by atoms with Gasteiger partial charge in [-0.25, -0.2) is 4.79 Å². The third-order valence-electron chi connectivity index (χ3n) is 3.31. The Hall–Kier alpha value is -2.50. The van der Waals surface area contributed by atoms with E-state index in [-0.39, 0.29) is 11.3 Å². The first-order valence-corrected chi connectivity index (χ1v) is 6.12. The lowest BCUT2D eigenvalue weighted by Gasteiger charge is -2.23. The van der Waals surface area contributed by atoms with Crippen LogP contribution in [0.1, 0.15) is 31.7 Å². The second kappa shape index (κ2) is 5.24. The Morgan fingerprint density at radius 3 is 2.75 bits per heavy atom. The Bertz CT molecular complexity index is 646. The van der Waals surface area contributed by atoms with Gasteiger partial charge in [0.2, 0.25) is 0 Å². The highest BCUT2D eigenvalue weighted by Gasteiger charge is 2.29. The number of hydrogen-bond donors (Lipinski definition) is 1. The molecule has 0 saturated carbocycles. The van der Waals surface area contributed by atoms with E-state index in [2.05, 4.69) is 4.99 Å². The minimum atomic E-state index is -1.03. The van der Waals surface area contributed by atoms with Crippen molar-refractivity contribution in [2.75, 3.05) is 0 Å². The van der Waals surface area contributed by atoms with Crippen LogP contribution < -0.4 is 0 Å². The second-order valence-corrected chi connectivity index (χ2v) is 4.76. The molecule has 1 aromatic rings. The molecule has 1 aliphatic rings. The summed E-state index contributed by atoms with van der Waals surface area (Å²) < 4.78 is 0. The number of aliphatic carboxylic acids is 1. The molecule has 0 bridgehead atoms. The molecular weight excluding hydrogens is 260 g/mol. The lowest BCUT2D eigenvalue weighted by atomic mass is 9.84. The van der Waals surface area contributed by atoms with Crippen LogP contribution in [0.2, 0.25) is 0 Å². The first-order valence-electron chi connectivity index (χ1n) is 6.12. The molecule has 0 saturated heterocycles. The van der Waals surface area contributed by atoms with Crippen LogP contribution in [-0.4, -0.2) is 21.7 Å². The van der Waals surface area contributed by atoms with E-state index in [9.17, 15) is 20.0 Å². The minimum absolute atomic E-state index is 0.0370. The average molecular weight is 274 g/mol. The van der Waals surface area contributed by atoms with Crippen LogP contribution in [0.25, 0.3) is 0 Å². The van der Waals surface area contributed by atoms with Gasteiger partial charge in [-0.05, 0) is 25.8 Å². The standard InChI is InChI=1S/C14H14N2O4/c1-8-6-12(13(14(17)18)9(2)15-8)10-4-3-5-11(7-10)16(19)20/h3-5,7,12H,6H2,1-2H3,(H,17,18). The quantitative estimate of drug-likeness (QED) is 0.677. The van der Waals surface area contributed by atoms with E-state index in [4.69, 9.17) is 0 Å². The van der Waals surface area contributed by atoms with Gasteiger partial charge in [-0.2, -0.15) is 0 Å². The molecule has 6 heteroatoms. The van der Waals surface area contributed by atoms with Crippen LogP contribution in [0.15, 0.2) is 40.5 Å². The van der Waals surface area contributed by atoms with Crippen LogP contribution >= 0.6 is 0 Å². The monoisotopic (exact) mass is 274 g/mol. The first-order chi connectivity index (χ1) is 9.40. The number of nitro benzene ring substituents is 1. The number of benzene rings is 1. The molecule has 1 unspecified atom stereocenters. The first kappa shape index (κ1) is 13.9. The van der Waals surface area contributed by atoms with Crippen molar-refractivity contribution in [3.63, 3.8) is 0 Å². The van der Waals surface area contributed by atoms with Crippen molar-refractivity contribution in [3.05, 3.63) is 51.2 Å². The Morgan fingerprint density at radius 2 is 2.15 bits per heavy atom. The minimum Gasteiger partial charge on any atom is -0.478 e. The zero-order valence-corrected chi connectivity index (χ0v) is 11.2. The summed E-state index contributed by atoms with van der Waals surface area (Å²) in [5.41, 5.74) is 2.08. The molecule has 1 heterocycles. The number of hydrogen-bond acceptors (Lipinski definition) is 4. The highest BCUT2D eigenvalue weighted by atomic mass is 16.6. The van der Waals surface area contributed by atoms with E-state index in [0.29, 0.717) is 17.7 Å². The topological polar surface area (TPSA) is 92.8 Å². The molecule has 0 radical (unpaired) electrons. The molecule has 0 fully saturated rings. The Morgan fingerprint density at radius 1 is 1.45 bits per heavy atom. The van der Waals surface area contributed by atoms with Gasteiger partial charge in [0.25, 0.3) is 5.69 Å². The number of rotatable bonds is 3. The van der Waals surface area contributed by atoms with Gasteiger partial charge in [0.15, 0.2) is 0 Å². The fraction of sp³-hybridized carbons (Fsp3) is 0.286. The summed E-state index contributed by atoms with van der Waals surface area (Å²) in [6.07, 6.45) is 0.458. The zero-order chi connectivity index (χ0) is 14.9. The maximum Gasteiger partial charge on any atom is 0.334 e. The Balaban J connectivity index is 2.51. The molecule has 20 heavy (non-hydrogen) atoms. The predicted octanol–water partition coefficient (Wildman–Crippen LogP) is 2.90. The number of nitro groups is 1. The molecule has 0 aromatic heterocycles. The molecule has 1 aromatic carbocycles. The van der Waals surface area contributed by atoms with Gasteiger partial charge in [-0.1, -0.05) is 12.1 Å². The van der Waals surface area contributed by atoms with Crippen LogP contribution in [0.5, 0.6) is 0 Å². The van der Waals surface area contributed by atoms with Crippen LogP contribution in [-0.2, 0) is 4.79 Å². The van der Waals surface area contributed by atoms with Crippen molar-refractivity contribution in [1.82, 2.24) is 0 Å². The van der Waals surface area contributed by atoms with Crippen molar-refractivity contribution in [3.8, 4) is 0 Å². The normalized spacial score (nSPS) is 18.7. The van der Waals surface area contributed by atoms with Crippen molar-refractivity contribution >= 4 is 17.4 Å². The second-order valence-electron chi connectivity index (χ2n) is 4.76. The SMILES string of the molecule is CC1=NC(C)=C(C(=O)O)C(c2cccc([N+](=O)[O-])c2)C1. The summed E-state index contributed by atoms with van der Waals surface area (Å²) >= 11 is 0. The molecular formula is C14H14N2O4. The summed E-state index contributed by atoms with van der Waals surface area (Å²) in [6, 6.07) is 6.11. The summed E-state index contributed by atoms with van der Waals surface area (Å²) in [6.45, 7) is 3.48. The number of carboxylic acids is 1. The van der Waals surface area contributed by atoms with Crippen molar-refractivity contribution in [1.29, 1.82) is 0 Å². The molecule has 0 spiro atoms. The number of allylic oxidation sites excluding steroid dienone is 1. The van der Waals surface area contributed by atoms with Gasteiger partial charge in [-0.3, -0.25) is 15.1 Å². The van der Waals surface area contributed by atoms with Crippen molar-refractivity contribution in [2.45, 2.75) is 26.2 Å². The van der Waals surface area contributed by atoms with E-state index in [1.165, 1.54) is 12.1 Å². The lowest BCUT2D eigenvalue weighted by molar-refractivity contribution is -0.384. The third kappa shape index (κ3) is 2.59. The Kier molecular flexibility index (Phi) is 3.65. The third-order valence-corrected chi connectivity index (χ3v) is 3.31. The van der Waals surface area contributed by atoms with E-state index >= 15 is 0 Å². The van der Waals surface area contributed by atoms with E-state index in [0.717, 1.165) is 5.71 Å². The molecule has 1 aliphatic heterocycles. The summed E-state index contributed by atoms with van der Waals surface area (Å²) in [4.78, 5) is 26.0. The van der Waals surface area contributed by atoms with Gasteiger partial charge < -0.3 is 5.11 Å². The highest BCUT2D eigenvalue weighted by molar-refractivity contribution is 5.95. The number of carbonyl (C=O) groups is 1. The zero-order valence-electron chi connectivity index (χ0n) is 11.2. The summed E-state index contributed by atoms with van der Waals surface area (Å²) in [5, 5.41) is 20.2. The van der Waals surface area contributed by atoms with Gasteiger partial charge in [-0.15, -0.1) is 0 Å². The maximum atomic E-state index is 11.4. The van der Waals surface area contributed by atoms with E-state index < -0.39 is 16.8 Å². The number of non-ortho nitro benzene ring substituents is 1.